The predicted octanol–water partition coefficient (Wildman–Crippen LogP) is 1.25. The van der Waals surface area contributed by atoms with Crippen molar-refractivity contribution < 1.29 is 4.79 Å². The Bertz CT molecular complexity index is 854. The molecule has 7 heteroatoms. The summed E-state index contributed by atoms with van der Waals surface area (Å²) in [6.07, 6.45) is 4.99. The predicted molar refractivity (Wildman–Crippen MR) is 94.6 cm³/mol. The van der Waals surface area contributed by atoms with E-state index >= 15 is 0 Å². The summed E-state index contributed by atoms with van der Waals surface area (Å²) in [6, 6.07) is 2.03. The van der Waals surface area contributed by atoms with Gasteiger partial charge in [0.25, 0.3) is 5.91 Å². The van der Waals surface area contributed by atoms with Crippen LogP contribution >= 0.6 is 0 Å². The highest BCUT2D eigenvalue weighted by Gasteiger charge is 2.22. The SMILES string of the molecule is CC1=NCc2ncc(-c3cncc(C(=O)N4CCN(C)CC4)n3)cc21. The Morgan fingerprint density at radius 3 is 2.72 bits per heavy atom. The summed E-state index contributed by atoms with van der Waals surface area (Å²) in [7, 11) is 2.06. The standard InChI is InChI=1S/C18H20N6O/c1-12-14-7-13(8-21-16(14)11-20-12)15-9-19-10-17(22-15)18(25)24-5-3-23(2)4-6-24/h7-10H,3-6,11H2,1-2H3. The summed E-state index contributed by atoms with van der Waals surface area (Å²) in [5, 5.41) is 0. The number of carbonyl (C=O) groups excluding carboxylic acids is 1. The van der Waals surface area contributed by atoms with E-state index in [0.29, 0.717) is 17.9 Å². The van der Waals surface area contributed by atoms with Crippen molar-refractivity contribution in [2.45, 2.75) is 13.5 Å². The molecule has 25 heavy (non-hydrogen) atoms. The second-order valence-corrected chi connectivity index (χ2v) is 6.50. The molecule has 4 heterocycles. The summed E-state index contributed by atoms with van der Waals surface area (Å²) < 4.78 is 0. The van der Waals surface area contributed by atoms with Gasteiger partial charge in [-0.2, -0.15) is 0 Å². The first-order valence-corrected chi connectivity index (χ1v) is 8.42. The molecule has 0 radical (unpaired) electrons. The lowest BCUT2D eigenvalue weighted by atomic mass is 10.1. The third kappa shape index (κ3) is 3.02. The molecule has 0 aliphatic carbocycles. The van der Waals surface area contributed by atoms with Crippen LogP contribution in [-0.4, -0.2) is 69.6 Å². The fourth-order valence-corrected chi connectivity index (χ4v) is 3.13. The van der Waals surface area contributed by atoms with Crippen molar-refractivity contribution in [3.8, 4) is 11.3 Å². The fraction of sp³-hybridized carbons (Fsp3) is 0.389. The molecule has 0 saturated carbocycles. The van der Waals surface area contributed by atoms with Gasteiger partial charge in [-0.05, 0) is 20.0 Å². The Kier molecular flexibility index (Phi) is 4.01. The summed E-state index contributed by atoms with van der Waals surface area (Å²) in [5.74, 6) is -0.0608. The van der Waals surface area contributed by atoms with E-state index in [1.807, 2.05) is 17.9 Å². The molecule has 2 aromatic rings. The van der Waals surface area contributed by atoms with Crippen LogP contribution in [0.2, 0.25) is 0 Å². The molecule has 2 aliphatic rings. The van der Waals surface area contributed by atoms with Crippen LogP contribution in [0.3, 0.4) is 0 Å². The summed E-state index contributed by atoms with van der Waals surface area (Å²) in [6.45, 7) is 5.82. The molecule has 4 rings (SSSR count). The maximum atomic E-state index is 12.7. The minimum atomic E-state index is -0.0608. The number of carbonyl (C=O) groups is 1. The number of amides is 1. The van der Waals surface area contributed by atoms with Crippen LogP contribution in [0.4, 0.5) is 0 Å². The lowest BCUT2D eigenvalue weighted by Crippen LogP contribution is -2.47. The van der Waals surface area contributed by atoms with Gasteiger partial charge in [-0.3, -0.25) is 19.8 Å². The van der Waals surface area contributed by atoms with Crippen molar-refractivity contribution in [2.75, 3.05) is 33.2 Å². The van der Waals surface area contributed by atoms with Crippen molar-refractivity contribution in [2.24, 2.45) is 4.99 Å². The minimum absolute atomic E-state index is 0.0608. The van der Waals surface area contributed by atoms with Crippen LogP contribution in [0.25, 0.3) is 11.3 Å². The van der Waals surface area contributed by atoms with Gasteiger partial charge in [-0.1, -0.05) is 0 Å². The van der Waals surface area contributed by atoms with Crippen molar-refractivity contribution in [3.63, 3.8) is 0 Å². The Labute approximate surface area is 146 Å². The molecule has 128 valence electrons. The van der Waals surface area contributed by atoms with Crippen molar-refractivity contribution in [1.29, 1.82) is 0 Å². The van der Waals surface area contributed by atoms with Gasteiger partial charge in [0.2, 0.25) is 0 Å². The fourth-order valence-electron chi connectivity index (χ4n) is 3.13. The molecule has 0 aromatic carbocycles. The number of aromatic nitrogens is 3. The monoisotopic (exact) mass is 336 g/mol. The lowest BCUT2D eigenvalue weighted by molar-refractivity contribution is 0.0658. The van der Waals surface area contributed by atoms with Crippen LogP contribution in [0.5, 0.6) is 0 Å². The van der Waals surface area contributed by atoms with E-state index in [1.165, 1.54) is 6.20 Å². The second kappa shape index (κ2) is 6.33. The number of rotatable bonds is 2. The molecule has 0 unspecified atom stereocenters. The van der Waals surface area contributed by atoms with E-state index in [1.54, 1.807) is 12.4 Å². The molecule has 0 atom stereocenters. The molecular formula is C18H20N6O. The highest BCUT2D eigenvalue weighted by atomic mass is 16.2. The van der Waals surface area contributed by atoms with E-state index in [2.05, 4.69) is 31.9 Å². The highest BCUT2D eigenvalue weighted by molar-refractivity contribution is 6.02. The summed E-state index contributed by atoms with van der Waals surface area (Å²) >= 11 is 0. The lowest BCUT2D eigenvalue weighted by Gasteiger charge is -2.32. The van der Waals surface area contributed by atoms with Crippen molar-refractivity contribution in [3.05, 3.63) is 41.6 Å². The quantitative estimate of drug-likeness (QED) is 0.825. The molecule has 1 amide bonds. The number of fused-ring (bicyclic) bond motifs is 1. The Morgan fingerprint density at radius 2 is 1.92 bits per heavy atom. The van der Waals surface area contributed by atoms with Gasteiger partial charge < -0.3 is 9.80 Å². The van der Waals surface area contributed by atoms with E-state index in [4.69, 9.17) is 0 Å². The third-order valence-corrected chi connectivity index (χ3v) is 4.77. The summed E-state index contributed by atoms with van der Waals surface area (Å²) in [4.78, 5) is 34.4. The molecule has 0 spiro atoms. The molecule has 0 N–H and O–H groups in total. The van der Waals surface area contributed by atoms with Crippen LogP contribution in [0.15, 0.2) is 29.6 Å². The molecular weight excluding hydrogens is 316 g/mol. The Hall–Kier alpha value is -2.67. The maximum absolute atomic E-state index is 12.7. The van der Waals surface area contributed by atoms with Gasteiger partial charge in [0, 0.05) is 49.2 Å². The highest BCUT2D eigenvalue weighted by Crippen LogP contribution is 2.23. The van der Waals surface area contributed by atoms with Gasteiger partial charge in [-0.15, -0.1) is 0 Å². The largest absolute Gasteiger partial charge is 0.335 e. The zero-order valence-corrected chi connectivity index (χ0v) is 14.4. The number of aliphatic imine (C=N–C) groups is 1. The summed E-state index contributed by atoms with van der Waals surface area (Å²) in [5.41, 5.74) is 4.93. The average Bonchev–Trinajstić information content (AvgIpc) is 3.02. The Morgan fingerprint density at radius 1 is 1.12 bits per heavy atom. The molecule has 7 nitrogen and oxygen atoms in total. The van der Waals surface area contributed by atoms with Gasteiger partial charge in [0.05, 0.1) is 30.3 Å². The number of likely N-dealkylation sites (N-methyl/N-ethyl adjacent to an activating group) is 1. The number of nitrogens with zero attached hydrogens (tertiary/aromatic N) is 6. The van der Waals surface area contributed by atoms with Gasteiger partial charge in [0.1, 0.15) is 5.69 Å². The molecule has 2 aromatic heterocycles. The van der Waals surface area contributed by atoms with E-state index in [-0.39, 0.29) is 5.91 Å². The van der Waals surface area contributed by atoms with Gasteiger partial charge in [-0.25, -0.2) is 4.98 Å². The third-order valence-electron chi connectivity index (χ3n) is 4.77. The average molecular weight is 336 g/mol. The number of hydrogen-bond acceptors (Lipinski definition) is 6. The first kappa shape index (κ1) is 15.8. The first-order chi connectivity index (χ1) is 12.1. The van der Waals surface area contributed by atoms with Gasteiger partial charge in [0.15, 0.2) is 0 Å². The van der Waals surface area contributed by atoms with E-state index in [9.17, 15) is 4.79 Å². The van der Waals surface area contributed by atoms with E-state index < -0.39 is 0 Å². The Balaban J connectivity index is 1.61. The van der Waals surface area contributed by atoms with Crippen LogP contribution < -0.4 is 0 Å². The van der Waals surface area contributed by atoms with Crippen LogP contribution in [0.1, 0.15) is 28.7 Å². The van der Waals surface area contributed by atoms with Gasteiger partial charge >= 0.3 is 0 Å². The molecule has 2 aliphatic heterocycles. The van der Waals surface area contributed by atoms with Crippen LogP contribution in [0, 0.1) is 0 Å². The number of piperazine rings is 1. The first-order valence-electron chi connectivity index (χ1n) is 8.42. The zero-order chi connectivity index (χ0) is 17.4. The maximum Gasteiger partial charge on any atom is 0.274 e. The van der Waals surface area contributed by atoms with Crippen LogP contribution in [-0.2, 0) is 6.54 Å². The minimum Gasteiger partial charge on any atom is -0.335 e. The second-order valence-electron chi connectivity index (χ2n) is 6.50. The number of pyridine rings is 1. The van der Waals surface area contributed by atoms with E-state index in [0.717, 1.165) is 48.7 Å². The normalized spacial score (nSPS) is 17.4. The molecule has 1 fully saturated rings. The zero-order valence-electron chi connectivity index (χ0n) is 14.4. The molecule has 0 bridgehead atoms. The van der Waals surface area contributed by atoms with Crippen molar-refractivity contribution >= 4 is 11.6 Å². The smallest absolute Gasteiger partial charge is 0.274 e. The van der Waals surface area contributed by atoms with Crippen molar-refractivity contribution in [1.82, 2.24) is 24.8 Å². The molecule has 1 saturated heterocycles. The number of hydrogen-bond donors (Lipinski definition) is 0. The topological polar surface area (TPSA) is 74.6 Å².